The highest BCUT2D eigenvalue weighted by Crippen LogP contribution is 2.45. The fraction of sp³-hybridized carbons (Fsp3) is 0.0714. The summed E-state index contributed by atoms with van der Waals surface area (Å²) in [5, 5.41) is 3.50. The molecule has 4 aromatic carbocycles. The number of rotatable bonds is 2. The van der Waals surface area contributed by atoms with Crippen molar-refractivity contribution in [1.29, 1.82) is 0 Å². The monoisotopic (exact) mass is 429 g/mol. The molecule has 5 nitrogen and oxygen atoms in total. The van der Waals surface area contributed by atoms with Crippen LogP contribution in [-0.2, 0) is 0 Å². The first-order valence-electron chi connectivity index (χ1n) is 11.0. The molecule has 7 rings (SSSR count). The minimum absolute atomic E-state index is 0.242. The number of benzene rings is 4. The topological polar surface area (TPSA) is 69.0 Å². The van der Waals surface area contributed by atoms with Gasteiger partial charge < -0.3 is 9.97 Å². The number of imide groups is 1. The number of carbonyl (C=O) groups is 2. The Morgan fingerprint density at radius 1 is 0.636 bits per heavy atom. The van der Waals surface area contributed by atoms with E-state index in [9.17, 15) is 9.59 Å². The maximum Gasteiger partial charge on any atom is 0.262 e. The summed E-state index contributed by atoms with van der Waals surface area (Å²) in [6.45, 7) is 1.91. The highest BCUT2D eigenvalue weighted by Gasteiger charge is 2.43. The van der Waals surface area contributed by atoms with Crippen LogP contribution in [0.25, 0.3) is 43.6 Å². The number of nitrogens with one attached hydrogen (secondary N) is 2. The zero-order chi connectivity index (χ0) is 22.3. The van der Waals surface area contributed by atoms with Crippen LogP contribution >= 0.6 is 0 Å². The molecule has 1 aliphatic rings. The molecular weight excluding hydrogens is 410 g/mol. The van der Waals surface area contributed by atoms with Crippen LogP contribution in [0.4, 0.5) is 0 Å². The fourth-order valence-corrected chi connectivity index (χ4v) is 5.42. The van der Waals surface area contributed by atoms with Gasteiger partial charge in [-0.2, -0.15) is 0 Å². The first kappa shape index (κ1) is 18.2. The molecule has 5 heteroatoms. The molecule has 0 saturated heterocycles. The van der Waals surface area contributed by atoms with E-state index in [4.69, 9.17) is 0 Å². The molecular formula is C28H19N3O2. The summed E-state index contributed by atoms with van der Waals surface area (Å²) in [4.78, 5) is 36.4. The number of para-hydroxylation sites is 2. The molecule has 0 fully saturated rings. The summed E-state index contributed by atoms with van der Waals surface area (Å²) < 4.78 is 0. The third-order valence-electron chi connectivity index (χ3n) is 6.95. The van der Waals surface area contributed by atoms with Gasteiger partial charge in [-0.05, 0) is 24.6 Å². The van der Waals surface area contributed by atoms with Crippen molar-refractivity contribution in [2.24, 2.45) is 0 Å². The maximum absolute atomic E-state index is 14.0. The van der Waals surface area contributed by atoms with Gasteiger partial charge in [-0.1, -0.05) is 66.7 Å². The van der Waals surface area contributed by atoms with Crippen molar-refractivity contribution in [2.45, 2.75) is 13.0 Å². The Labute approximate surface area is 188 Å². The van der Waals surface area contributed by atoms with E-state index in [2.05, 4.69) is 9.97 Å². The van der Waals surface area contributed by atoms with Gasteiger partial charge >= 0.3 is 0 Å². The minimum Gasteiger partial charge on any atom is -0.353 e. The average molecular weight is 429 g/mol. The minimum atomic E-state index is -0.376. The van der Waals surface area contributed by atoms with Gasteiger partial charge in [-0.3, -0.25) is 14.5 Å². The Balaban J connectivity index is 1.64. The average Bonchev–Trinajstić information content (AvgIpc) is 3.49. The SMILES string of the molecule is CC(c1ccccc1)N1C(=O)c2c(c3c4ccccc4[nH]c3c3[nH]c4ccccc4c23)C1=O. The number of amides is 2. The van der Waals surface area contributed by atoms with Crippen molar-refractivity contribution in [3.8, 4) is 0 Å². The van der Waals surface area contributed by atoms with E-state index < -0.39 is 0 Å². The van der Waals surface area contributed by atoms with Crippen LogP contribution in [-0.4, -0.2) is 26.7 Å². The number of hydrogen-bond donors (Lipinski definition) is 2. The summed E-state index contributed by atoms with van der Waals surface area (Å²) in [5.41, 5.74) is 5.51. The lowest BCUT2D eigenvalue weighted by Gasteiger charge is -2.22. The van der Waals surface area contributed by atoms with Crippen molar-refractivity contribution in [3.05, 3.63) is 95.6 Å². The molecule has 3 heterocycles. The highest BCUT2D eigenvalue weighted by atomic mass is 16.2. The van der Waals surface area contributed by atoms with Gasteiger partial charge in [0.25, 0.3) is 11.8 Å². The molecule has 158 valence electrons. The molecule has 2 amide bonds. The third-order valence-corrected chi connectivity index (χ3v) is 6.95. The molecule has 2 aromatic heterocycles. The molecule has 1 aliphatic heterocycles. The molecule has 33 heavy (non-hydrogen) atoms. The number of hydrogen-bond acceptors (Lipinski definition) is 2. The highest BCUT2D eigenvalue weighted by molar-refractivity contribution is 6.39. The standard InChI is InChI=1S/C28H19N3O2/c1-15(16-9-3-2-4-10-16)31-27(32)23-21-17-11-5-7-13-19(17)29-25(21)26-22(24(23)28(31)33)18-12-6-8-14-20(18)30-26/h2-15,29-30H,1H3. The molecule has 0 aliphatic carbocycles. The van der Waals surface area contributed by atoms with E-state index in [1.165, 1.54) is 4.90 Å². The summed E-state index contributed by atoms with van der Waals surface area (Å²) in [7, 11) is 0. The van der Waals surface area contributed by atoms with Gasteiger partial charge in [0.15, 0.2) is 0 Å². The summed E-state index contributed by atoms with van der Waals surface area (Å²) >= 11 is 0. The Morgan fingerprint density at radius 3 is 1.61 bits per heavy atom. The van der Waals surface area contributed by atoms with Gasteiger partial charge in [-0.15, -0.1) is 0 Å². The predicted molar refractivity (Wildman–Crippen MR) is 131 cm³/mol. The van der Waals surface area contributed by atoms with Crippen LogP contribution in [0.1, 0.15) is 39.2 Å². The number of nitrogens with zero attached hydrogens (tertiary/aromatic N) is 1. The van der Waals surface area contributed by atoms with E-state index in [-0.39, 0.29) is 17.9 Å². The number of H-pyrrole nitrogens is 2. The van der Waals surface area contributed by atoms with Gasteiger partial charge in [0.1, 0.15) is 0 Å². The van der Waals surface area contributed by atoms with Gasteiger partial charge in [-0.25, -0.2) is 0 Å². The number of carbonyl (C=O) groups excluding carboxylic acids is 2. The molecule has 0 saturated carbocycles. The van der Waals surface area contributed by atoms with Crippen LogP contribution in [0.15, 0.2) is 78.9 Å². The lowest BCUT2D eigenvalue weighted by atomic mass is 9.97. The second-order valence-corrected chi connectivity index (χ2v) is 8.66. The first-order valence-corrected chi connectivity index (χ1v) is 11.0. The summed E-state index contributed by atoms with van der Waals surface area (Å²) in [5.74, 6) is -0.485. The first-order chi connectivity index (χ1) is 16.1. The van der Waals surface area contributed by atoms with Crippen LogP contribution in [0.5, 0.6) is 0 Å². The normalized spacial score (nSPS) is 14.8. The van der Waals surface area contributed by atoms with Crippen molar-refractivity contribution in [3.63, 3.8) is 0 Å². The molecule has 6 aromatic rings. The lowest BCUT2D eigenvalue weighted by molar-refractivity contribution is 0.0596. The fourth-order valence-electron chi connectivity index (χ4n) is 5.42. The maximum atomic E-state index is 14.0. The van der Waals surface area contributed by atoms with Crippen LogP contribution < -0.4 is 0 Å². The van der Waals surface area contributed by atoms with Crippen molar-refractivity contribution in [2.75, 3.05) is 0 Å². The molecule has 0 radical (unpaired) electrons. The molecule has 1 unspecified atom stereocenters. The van der Waals surface area contributed by atoms with Crippen LogP contribution in [0, 0.1) is 0 Å². The van der Waals surface area contributed by atoms with Crippen molar-refractivity contribution in [1.82, 2.24) is 14.9 Å². The third kappa shape index (κ3) is 2.26. The van der Waals surface area contributed by atoms with E-state index in [1.807, 2.05) is 85.8 Å². The summed E-state index contributed by atoms with van der Waals surface area (Å²) in [6, 6.07) is 25.2. The zero-order valence-corrected chi connectivity index (χ0v) is 17.8. The second-order valence-electron chi connectivity index (χ2n) is 8.66. The van der Waals surface area contributed by atoms with Gasteiger partial charge in [0.2, 0.25) is 0 Å². The van der Waals surface area contributed by atoms with E-state index in [0.29, 0.717) is 11.1 Å². The molecule has 1 atom stereocenters. The second kappa shape index (κ2) is 6.33. The molecule has 0 bridgehead atoms. The largest absolute Gasteiger partial charge is 0.353 e. The summed E-state index contributed by atoms with van der Waals surface area (Å²) in [6.07, 6.45) is 0. The van der Waals surface area contributed by atoms with E-state index >= 15 is 0 Å². The van der Waals surface area contributed by atoms with E-state index in [1.54, 1.807) is 0 Å². The zero-order valence-electron chi connectivity index (χ0n) is 17.8. The Bertz CT molecular complexity index is 1670. The predicted octanol–water partition coefficient (Wildman–Crippen LogP) is 6.31. The van der Waals surface area contributed by atoms with Crippen LogP contribution in [0.3, 0.4) is 0 Å². The molecule has 2 N–H and O–H groups in total. The van der Waals surface area contributed by atoms with Crippen molar-refractivity contribution >= 4 is 55.4 Å². The smallest absolute Gasteiger partial charge is 0.262 e. The van der Waals surface area contributed by atoms with Crippen molar-refractivity contribution < 1.29 is 9.59 Å². The Kier molecular flexibility index (Phi) is 3.49. The van der Waals surface area contributed by atoms with Gasteiger partial charge in [0, 0.05) is 32.6 Å². The quantitative estimate of drug-likeness (QED) is 0.317. The number of fused-ring (bicyclic) bond motifs is 10. The van der Waals surface area contributed by atoms with E-state index in [0.717, 1.165) is 49.2 Å². The van der Waals surface area contributed by atoms with Gasteiger partial charge in [0.05, 0.1) is 28.2 Å². The number of aromatic amines is 2. The number of aromatic nitrogens is 2. The lowest BCUT2D eigenvalue weighted by Crippen LogP contribution is -2.32. The Hall–Kier alpha value is -4.38. The molecule has 0 spiro atoms. The van der Waals surface area contributed by atoms with Crippen LogP contribution in [0.2, 0.25) is 0 Å². The Morgan fingerprint density at radius 2 is 1.09 bits per heavy atom.